The Hall–Kier alpha value is -4.15. The van der Waals surface area contributed by atoms with Gasteiger partial charge in [-0.3, -0.25) is 9.59 Å². The van der Waals surface area contributed by atoms with E-state index in [4.69, 9.17) is 9.47 Å². The number of anilines is 2. The maximum absolute atomic E-state index is 12.9. The molecule has 0 atom stereocenters. The molecule has 1 heterocycles. The van der Waals surface area contributed by atoms with Gasteiger partial charge in [-0.05, 0) is 35.9 Å². The minimum atomic E-state index is -3.83. The highest BCUT2D eigenvalue weighted by atomic mass is 32.2. The SMILES string of the molecule is CN(CC(=O)Nc1ccccc1C(=O)Nc1ccc2c(c1)OCO2)S(=O)(=O)C=Cc1ccccc1. The number of nitrogens with one attached hydrogen (secondary N) is 2. The molecule has 1 aliphatic rings. The number of para-hydroxylation sites is 1. The number of ether oxygens (including phenoxy) is 2. The van der Waals surface area contributed by atoms with Crippen molar-refractivity contribution in [2.45, 2.75) is 0 Å². The first-order valence-electron chi connectivity index (χ1n) is 10.6. The van der Waals surface area contributed by atoms with Crippen molar-refractivity contribution in [2.24, 2.45) is 0 Å². The fourth-order valence-corrected chi connectivity index (χ4v) is 4.11. The van der Waals surface area contributed by atoms with Crippen molar-refractivity contribution in [1.82, 2.24) is 4.31 Å². The zero-order valence-electron chi connectivity index (χ0n) is 18.8. The van der Waals surface area contributed by atoms with E-state index in [1.165, 1.54) is 13.1 Å². The average molecular weight is 494 g/mol. The predicted molar refractivity (Wildman–Crippen MR) is 133 cm³/mol. The third-order valence-corrected chi connectivity index (χ3v) is 6.59. The van der Waals surface area contributed by atoms with Gasteiger partial charge in [-0.2, -0.15) is 4.31 Å². The van der Waals surface area contributed by atoms with Crippen molar-refractivity contribution in [2.75, 3.05) is 31.0 Å². The van der Waals surface area contributed by atoms with Crippen molar-refractivity contribution in [1.29, 1.82) is 0 Å². The highest BCUT2D eigenvalue weighted by Crippen LogP contribution is 2.34. The lowest BCUT2D eigenvalue weighted by Gasteiger charge is -2.16. The lowest BCUT2D eigenvalue weighted by molar-refractivity contribution is -0.116. The third kappa shape index (κ3) is 6.05. The van der Waals surface area contributed by atoms with Crippen molar-refractivity contribution in [3.8, 4) is 11.5 Å². The molecule has 0 bridgehead atoms. The zero-order chi connectivity index (χ0) is 24.8. The molecule has 2 N–H and O–H groups in total. The van der Waals surface area contributed by atoms with Crippen LogP contribution in [0.5, 0.6) is 11.5 Å². The van der Waals surface area contributed by atoms with Gasteiger partial charge in [0.2, 0.25) is 22.7 Å². The number of benzene rings is 3. The van der Waals surface area contributed by atoms with Crippen LogP contribution >= 0.6 is 0 Å². The van der Waals surface area contributed by atoms with Gasteiger partial charge in [0.1, 0.15) is 0 Å². The molecule has 0 saturated carbocycles. The summed E-state index contributed by atoms with van der Waals surface area (Å²) in [6, 6.07) is 20.4. The number of nitrogens with zero attached hydrogens (tertiary/aromatic N) is 1. The quantitative estimate of drug-likeness (QED) is 0.496. The summed E-state index contributed by atoms with van der Waals surface area (Å²) in [4.78, 5) is 25.5. The Morgan fingerprint density at radius 2 is 1.66 bits per heavy atom. The van der Waals surface area contributed by atoms with E-state index in [1.54, 1.807) is 66.7 Å². The van der Waals surface area contributed by atoms with Crippen molar-refractivity contribution in [3.05, 3.63) is 89.3 Å². The Morgan fingerprint density at radius 1 is 0.943 bits per heavy atom. The Kier molecular flexibility index (Phi) is 7.14. The zero-order valence-corrected chi connectivity index (χ0v) is 19.6. The molecule has 180 valence electrons. The topological polar surface area (TPSA) is 114 Å². The number of fused-ring (bicyclic) bond motifs is 1. The number of carbonyl (C=O) groups excluding carboxylic acids is 2. The van der Waals surface area contributed by atoms with E-state index in [1.807, 2.05) is 6.07 Å². The number of amides is 2. The molecular weight excluding hydrogens is 470 g/mol. The van der Waals surface area contributed by atoms with Crippen molar-refractivity contribution in [3.63, 3.8) is 0 Å². The minimum absolute atomic E-state index is 0.119. The van der Waals surface area contributed by atoms with E-state index < -0.39 is 28.4 Å². The number of carbonyl (C=O) groups is 2. The van der Waals surface area contributed by atoms with Crippen LogP contribution in [0.4, 0.5) is 11.4 Å². The molecule has 4 rings (SSSR count). The summed E-state index contributed by atoms with van der Waals surface area (Å²) in [5.74, 6) is 0.0716. The Morgan fingerprint density at radius 3 is 2.46 bits per heavy atom. The summed E-state index contributed by atoms with van der Waals surface area (Å²) in [6.45, 7) is -0.312. The molecule has 1 aliphatic heterocycles. The second kappa shape index (κ2) is 10.4. The fourth-order valence-electron chi connectivity index (χ4n) is 3.28. The second-order valence-electron chi connectivity index (χ2n) is 7.63. The van der Waals surface area contributed by atoms with E-state index in [0.717, 1.165) is 15.3 Å². The van der Waals surface area contributed by atoms with Gasteiger partial charge in [0.05, 0.1) is 17.8 Å². The molecule has 0 aromatic heterocycles. The molecular formula is C25H23N3O6S. The molecule has 35 heavy (non-hydrogen) atoms. The Balaban J connectivity index is 1.40. The van der Waals surface area contributed by atoms with Gasteiger partial charge in [-0.25, -0.2) is 8.42 Å². The molecule has 10 heteroatoms. The first-order chi connectivity index (χ1) is 16.8. The van der Waals surface area contributed by atoms with Gasteiger partial charge in [-0.15, -0.1) is 0 Å². The van der Waals surface area contributed by atoms with E-state index in [0.29, 0.717) is 17.2 Å². The number of likely N-dealkylation sites (N-methyl/N-ethyl adjacent to an activating group) is 1. The van der Waals surface area contributed by atoms with Crippen molar-refractivity contribution < 1.29 is 27.5 Å². The van der Waals surface area contributed by atoms with Crippen LogP contribution < -0.4 is 20.1 Å². The molecule has 2 amide bonds. The molecule has 0 fully saturated rings. The first kappa shape index (κ1) is 24.0. The summed E-state index contributed by atoms with van der Waals surface area (Å²) in [6.07, 6.45) is 1.46. The normalized spacial score (nSPS) is 12.6. The van der Waals surface area contributed by atoms with E-state index in [9.17, 15) is 18.0 Å². The molecule has 9 nitrogen and oxygen atoms in total. The van der Waals surface area contributed by atoms with Gasteiger partial charge >= 0.3 is 0 Å². The summed E-state index contributed by atoms with van der Waals surface area (Å²) in [7, 11) is -2.52. The van der Waals surface area contributed by atoms with Gasteiger partial charge in [0.25, 0.3) is 5.91 Å². The number of hydrogen-bond donors (Lipinski definition) is 2. The third-order valence-electron chi connectivity index (χ3n) is 5.11. The van der Waals surface area contributed by atoms with Crippen LogP contribution in [-0.2, 0) is 14.8 Å². The number of hydrogen-bond acceptors (Lipinski definition) is 6. The Bertz CT molecular complexity index is 1370. The Labute approximate surface area is 203 Å². The molecule has 3 aromatic carbocycles. The highest BCUT2D eigenvalue weighted by Gasteiger charge is 2.20. The number of rotatable bonds is 8. The van der Waals surface area contributed by atoms with Gasteiger partial charge in [0.15, 0.2) is 11.5 Å². The van der Waals surface area contributed by atoms with Crippen LogP contribution in [0.1, 0.15) is 15.9 Å². The second-order valence-corrected chi connectivity index (χ2v) is 9.56. The van der Waals surface area contributed by atoms with E-state index >= 15 is 0 Å². The van der Waals surface area contributed by atoms with E-state index in [2.05, 4.69) is 10.6 Å². The van der Waals surface area contributed by atoms with Crippen LogP contribution in [0.2, 0.25) is 0 Å². The molecule has 0 radical (unpaired) electrons. The molecule has 3 aromatic rings. The lowest BCUT2D eigenvalue weighted by atomic mass is 10.1. The molecule has 0 saturated heterocycles. The monoisotopic (exact) mass is 493 g/mol. The minimum Gasteiger partial charge on any atom is -0.454 e. The van der Waals surface area contributed by atoms with E-state index in [-0.39, 0.29) is 18.0 Å². The number of sulfonamides is 1. The van der Waals surface area contributed by atoms with Crippen LogP contribution in [0.3, 0.4) is 0 Å². The molecule has 0 aliphatic carbocycles. The van der Waals surface area contributed by atoms with Gasteiger partial charge < -0.3 is 20.1 Å². The lowest BCUT2D eigenvalue weighted by Crippen LogP contribution is -2.34. The summed E-state index contributed by atoms with van der Waals surface area (Å²) < 4.78 is 36.6. The van der Waals surface area contributed by atoms with Crippen LogP contribution in [0.15, 0.2) is 78.2 Å². The summed E-state index contributed by atoms with van der Waals surface area (Å²) in [5, 5.41) is 6.42. The predicted octanol–water partition coefficient (Wildman–Crippen LogP) is 3.54. The van der Waals surface area contributed by atoms with Gasteiger partial charge in [0, 0.05) is 24.2 Å². The van der Waals surface area contributed by atoms with Crippen LogP contribution in [0, 0.1) is 0 Å². The smallest absolute Gasteiger partial charge is 0.257 e. The fraction of sp³-hybridized carbons (Fsp3) is 0.120. The van der Waals surface area contributed by atoms with Crippen LogP contribution in [-0.4, -0.2) is 44.9 Å². The highest BCUT2D eigenvalue weighted by molar-refractivity contribution is 7.92. The first-order valence-corrected chi connectivity index (χ1v) is 12.1. The van der Waals surface area contributed by atoms with Crippen LogP contribution in [0.25, 0.3) is 6.08 Å². The standard InChI is InChI=1S/C25H23N3O6S/c1-28(35(31,32)14-13-18-7-3-2-4-8-18)16-24(29)27-21-10-6-5-9-20(21)25(30)26-19-11-12-22-23(15-19)34-17-33-22/h2-15H,16-17H2,1H3,(H,26,30)(H,27,29). The largest absolute Gasteiger partial charge is 0.454 e. The maximum Gasteiger partial charge on any atom is 0.257 e. The van der Waals surface area contributed by atoms with Crippen molar-refractivity contribution >= 4 is 39.3 Å². The summed E-state index contributed by atoms with van der Waals surface area (Å²) in [5.41, 5.74) is 1.68. The summed E-state index contributed by atoms with van der Waals surface area (Å²) >= 11 is 0. The molecule has 0 unspecified atom stereocenters. The molecule has 0 spiro atoms. The maximum atomic E-state index is 12.9. The van der Waals surface area contributed by atoms with Gasteiger partial charge in [-0.1, -0.05) is 42.5 Å². The average Bonchev–Trinajstić information content (AvgIpc) is 3.31.